The molecule has 10 heteroatoms. The Hall–Kier alpha value is -4.50. The molecule has 4 amide bonds. The molecule has 0 radical (unpaired) electrons. The van der Waals surface area contributed by atoms with Gasteiger partial charge >= 0.3 is 12.1 Å². The van der Waals surface area contributed by atoms with Gasteiger partial charge in [-0.05, 0) is 48.5 Å². The van der Waals surface area contributed by atoms with Gasteiger partial charge in [-0.2, -0.15) is 15.0 Å². The summed E-state index contributed by atoms with van der Waals surface area (Å²) in [6.45, 7) is 0. The maximum Gasteiger partial charge on any atom is 0.326 e. The van der Waals surface area contributed by atoms with Crippen LogP contribution in [0.15, 0.2) is 84.9 Å². The molecule has 3 aromatic carbocycles. The summed E-state index contributed by atoms with van der Waals surface area (Å²) >= 11 is 5.97. The van der Waals surface area contributed by atoms with Gasteiger partial charge in [-0.15, -0.1) is 0 Å². The fourth-order valence-corrected chi connectivity index (χ4v) is 2.91. The Labute approximate surface area is 194 Å². The van der Waals surface area contributed by atoms with E-state index in [2.05, 4.69) is 36.2 Å². The van der Waals surface area contributed by atoms with E-state index >= 15 is 0 Å². The second-order valence-corrected chi connectivity index (χ2v) is 7.14. The first-order chi connectivity index (χ1) is 16.0. The topological polar surface area (TPSA) is 121 Å². The third-order valence-electron chi connectivity index (χ3n) is 4.25. The van der Waals surface area contributed by atoms with E-state index < -0.39 is 12.1 Å². The maximum atomic E-state index is 12.4. The summed E-state index contributed by atoms with van der Waals surface area (Å²) in [6.07, 6.45) is 0. The Morgan fingerprint density at radius 3 is 1.48 bits per heavy atom. The van der Waals surface area contributed by atoms with Crippen LogP contribution in [-0.4, -0.2) is 27.0 Å². The molecule has 0 aliphatic carbocycles. The van der Waals surface area contributed by atoms with E-state index in [4.69, 9.17) is 11.6 Å². The molecule has 4 rings (SSSR count). The number of amides is 4. The number of carbonyl (C=O) groups is 2. The highest BCUT2D eigenvalue weighted by Crippen LogP contribution is 2.21. The number of urea groups is 2. The van der Waals surface area contributed by atoms with Gasteiger partial charge in [0.25, 0.3) is 0 Å². The summed E-state index contributed by atoms with van der Waals surface area (Å²) in [5.74, 6) is 0.156. The number of hydrogen-bond donors (Lipinski definition) is 4. The largest absolute Gasteiger partial charge is 0.326 e. The van der Waals surface area contributed by atoms with Crippen molar-refractivity contribution in [2.24, 2.45) is 0 Å². The number of anilines is 4. The molecule has 0 saturated carbocycles. The number of para-hydroxylation sites is 2. The summed E-state index contributed by atoms with van der Waals surface area (Å²) in [4.78, 5) is 37.6. The third kappa shape index (κ3) is 6.25. The summed E-state index contributed by atoms with van der Waals surface area (Å²) in [6, 6.07) is 23.6. The Bertz CT molecular complexity index is 1180. The smallest absolute Gasteiger partial charge is 0.308 e. The summed E-state index contributed by atoms with van der Waals surface area (Å²) in [7, 11) is 0. The Morgan fingerprint density at radius 2 is 1.03 bits per heavy atom. The zero-order valence-electron chi connectivity index (χ0n) is 17.1. The van der Waals surface area contributed by atoms with Gasteiger partial charge < -0.3 is 10.6 Å². The number of nitrogens with one attached hydrogen (secondary N) is 4. The normalized spacial score (nSPS) is 10.2. The number of carbonyl (C=O) groups excluding carboxylic acids is 2. The van der Waals surface area contributed by atoms with Crippen molar-refractivity contribution < 1.29 is 9.59 Å². The van der Waals surface area contributed by atoms with E-state index in [9.17, 15) is 9.59 Å². The van der Waals surface area contributed by atoms with Crippen LogP contribution in [0.25, 0.3) is 11.4 Å². The SMILES string of the molecule is O=C(Nc1ccccc1)Nc1nc(NC(=O)Nc2ccccc2)nc(-c2ccc(Cl)cc2)n1. The van der Waals surface area contributed by atoms with E-state index in [1.165, 1.54) is 0 Å². The summed E-state index contributed by atoms with van der Waals surface area (Å²) < 4.78 is 0. The van der Waals surface area contributed by atoms with Gasteiger partial charge in [0.05, 0.1) is 0 Å². The van der Waals surface area contributed by atoms with Crippen LogP contribution in [0.5, 0.6) is 0 Å². The fraction of sp³-hybridized carbons (Fsp3) is 0. The van der Waals surface area contributed by atoms with Crippen LogP contribution in [-0.2, 0) is 0 Å². The van der Waals surface area contributed by atoms with Gasteiger partial charge in [-0.25, -0.2) is 9.59 Å². The highest BCUT2D eigenvalue weighted by Gasteiger charge is 2.13. The molecule has 0 saturated heterocycles. The van der Waals surface area contributed by atoms with E-state index in [0.29, 0.717) is 22.0 Å². The van der Waals surface area contributed by atoms with Crippen LogP contribution < -0.4 is 21.3 Å². The van der Waals surface area contributed by atoms with Crippen molar-refractivity contribution in [1.82, 2.24) is 15.0 Å². The molecule has 0 fully saturated rings. The highest BCUT2D eigenvalue weighted by molar-refractivity contribution is 6.30. The zero-order chi connectivity index (χ0) is 23.0. The second-order valence-electron chi connectivity index (χ2n) is 6.70. The quantitative estimate of drug-likeness (QED) is 0.315. The predicted octanol–water partition coefficient (Wildman–Crippen LogP) is 5.48. The molecule has 1 aromatic heterocycles. The van der Waals surface area contributed by atoms with Crippen molar-refractivity contribution in [2.45, 2.75) is 0 Å². The lowest BCUT2D eigenvalue weighted by Crippen LogP contribution is -2.24. The van der Waals surface area contributed by atoms with Crippen LogP contribution in [0, 0.1) is 0 Å². The Kier molecular flexibility index (Phi) is 6.72. The molecule has 0 aliphatic rings. The number of hydrogen-bond acceptors (Lipinski definition) is 5. The monoisotopic (exact) mass is 459 g/mol. The van der Waals surface area contributed by atoms with Gasteiger partial charge in [-0.3, -0.25) is 10.6 Å². The maximum absolute atomic E-state index is 12.4. The molecule has 0 spiro atoms. The van der Waals surface area contributed by atoms with E-state index in [1.54, 1.807) is 72.8 Å². The van der Waals surface area contributed by atoms with Gasteiger partial charge in [0.2, 0.25) is 11.9 Å². The molecule has 33 heavy (non-hydrogen) atoms. The van der Waals surface area contributed by atoms with Crippen LogP contribution in [0.1, 0.15) is 0 Å². The first kappa shape index (κ1) is 21.7. The van der Waals surface area contributed by atoms with Crippen LogP contribution >= 0.6 is 11.6 Å². The first-order valence-corrected chi connectivity index (χ1v) is 10.2. The summed E-state index contributed by atoms with van der Waals surface area (Å²) in [5.41, 5.74) is 1.82. The Balaban J connectivity index is 1.56. The lowest BCUT2D eigenvalue weighted by molar-refractivity contribution is 0.261. The molecule has 0 bridgehead atoms. The van der Waals surface area contributed by atoms with Crippen molar-refractivity contribution in [3.8, 4) is 11.4 Å². The van der Waals surface area contributed by atoms with E-state index in [1.807, 2.05) is 12.1 Å². The van der Waals surface area contributed by atoms with Crippen LogP contribution in [0.2, 0.25) is 5.02 Å². The lowest BCUT2D eigenvalue weighted by Gasteiger charge is -2.11. The zero-order valence-corrected chi connectivity index (χ0v) is 17.9. The standard InChI is InChI=1S/C23H18ClN7O2/c24-16-13-11-15(12-14-16)19-27-20(30-22(32)25-17-7-3-1-4-8-17)29-21(28-19)31-23(33)26-18-9-5-2-6-10-18/h1-14H,(H4,25,26,27,28,29,30,31,32,33). The molecule has 4 N–H and O–H groups in total. The van der Waals surface area contributed by atoms with Crippen molar-refractivity contribution in [2.75, 3.05) is 21.3 Å². The number of nitrogens with zero attached hydrogens (tertiary/aromatic N) is 3. The minimum atomic E-state index is -0.547. The third-order valence-corrected chi connectivity index (χ3v) is 4.50. The number of rotatable bonds is 5. The number of halogens is 1. The van der Waals surface area contributed by atoms with Gasteiger partial charge in [0.1, 0.15) is 0 Å². The Morgan fingerprint density at radius 1 is 0.576 bits per heavy atom. The molecule has 0 aliphatic heterocycles. The average molecular weight is 460 g/mol. The van der Waals surface area contributed by atoms with E-state index in [-0.39, 0.29) is 17.7 Å². The molecule has 0 unspecified atom stereocenters. The molecule has 9 nitrogen and oxygen atoms in total. The summed E-state index contributed by atoms with van der Waals surface area (Å²) in [5, 5.41) is 11.0. The molecule has 4 aromatic rings. The van der Waals surface area contributed by atoms with Crippen LogP contribution in [0.4, 0.5) is 32.9 Å². The molecular weight excluding hydrogens is 442 g/mol. The minimum Gasteiger partial charge on any atom is -0.308 e. The lowest BCUT2D eigenvalue weighted by atomic mass is 10.2. The molecule has 1 heterocycles. The molecule has 164 valence electrons. The van der Waals surface area contributed by atoms with Crippen molar-refractivity contribution in [1.29, 1.82) is 0 Å². The van der Waals surface area contributed by atoms with Crippen LogP contribution in [0.3, 0.4) is 0 Å². The van der Waals surface area contributed by atoms with Gasteiger partial charge in [-0.1, -0.05) is 48.0 Å². The fourth-order valence-electron chi connectivity index (χ4n) is 2.79. The number of benzene rings is 3. The van der Waals surface area contributed by atoms with Crippen molar-refractivity contribution in [3.63, 3.8) is 0 Å². The number of aromatic nitrogens is 3. The average Bonchev–Trinajstić information content (AvgIpc) is 2.80. The minimum absolute atomic E-state index is 0.0432. The van der Waals surface area contributed by atoms with Gasteiger partial charge in [0, 0.05) is 22.0 Å². The molecule has 0 atom stereocenters. The highest BCUT2D eigenvalue weighted by atomic mass is 35.5. The first-order valence-electron chi connectivity index (χ1n) is 9.83. The van der Waals surface area contributed by atoms with E-state index in [0.717, 1.165) is 0 Å². The van der Waals surface area contributed by atoms with Gasteiger partial charge in [0.15, 0.2) is 5.82 Å². The molecular formula is C23H18ClN7O2. The second kappa shape index (κ2) is 10.2. The van der Waals surface area contributed by atoms with Crippen molar-refractivity contribution >= 4 is 46.9 Å². The van der Waals surface area contributed by atoms with Crippen molar-refractivity contribution in [3.05, 3.63) is 90.0 Å². The predicted molar refractivity (Wildman–Crippen MR) is 128 cm³/mol.